The van der Waals surface area contributed by atoms with Crippen LogP contribution in [0.4, 0.5) is 0 Å². The van der Waals surface area contributed by atoms with Crippen LogP contribution >= 0.6 is 11.3 Å². The minimum absolute atomic E-state index is 0.102. The molecule has 0 spiro atoms. The fourth-order valence-electron chi connectivity index (χ4n) is 3.79. The molecule has 1 saturated heterocycles. The van der Waals surface area contributed by atoms with Crippen molar-refractivity contribution in [3.05, 3.63) is 64.8 Å². The maximum Gasteiger partial charge on any atom is 0.276 e. The number of carbonyl (C=O) groups excluding carboxylic acids is 1. The zero-order valence-electron chi connectivity index (χ0n) is 16.2. The molecule has 8 heteroatoms. The van der Waals surface area contributed by atoms with Crippen LogP contribution < -0.4 is 0 Å². The first kappa shape index (κ1) is 18.7. The molecule has 1 unspecified atom stereocenters. The highest BCUT2D eigenvalue weighted by atomic mass is 32.1. The van der Waals surface area contributed by atoms with Crippen molar-refractivity contribution in [2.24, 2.45) is 5.92 Å². The summed E-state index contributed by atoms with van der Waals surface area (Å²) in [5.74, 6) is 2.00. The van der Waals surface area contributed by atoms with E-state index in [1.165, 1.54) is 0 Å². The second-order valence-corrected chi connectivity index (χ2v) is 8.21. The summed E-state index contributed by atoms with van der Waals surface area (Å²) in [5, 5.41) is 12.1. The van der Waals surface area contributed by atoms with E-state index in [0.29, 0.717) is 42.7 Å². The maximum absolute atomic E-state index is 13.0. The topological polar surface area (TPSA) is 85.3 Å². The molecule has 152 valence electrons. The van der Waals surface area contributed by atoms with Crippen molar-refractivity contribution in [1.29, 1.82) is 0 Å². The standard InChI is InChI=1S/C22H20N4O3S/c27-22(18-12-19(28-24-18)16-6-2-1-3-7-16)26-9-4-5-15(13-26)11-20-23-21(25-29-20)17-8-10-30-14-17/h1-3,6-8,10,12,14-15H,4-5,9,11,13H2. The molecule has 1 fully saturated rings. The number of benzene rings is 1. The molecule has 7 nitrogen and oxygen atoms in total. The smallest absolute Gasteiger partial charge is 0.276 e. The third-order valence-corrected chi connectivity index (χ3v) is 5.99. The van der Waals surface area contributed by atoms with Gasteiger partial charge in [0.25, 0.3) is 5.91 Å². The van der Waals surface area contributed by atoms with Crippen molar-refractivity contribution in [3.8, 4) is 22.7 Å². The van der Waals surface area contributed by atoms with Gasteiger partial charge in [-0.25, -0.2) is 0 Å². The number of rotatable bonds is 5. The van der Waals surface area contributed by atoms with Gasteiger partial charge < -0.3 is 13.9 Å². The SMILES string of the molecule is O=C(c1cc(-c2ccccc2)on1)N1CCCC(Cc2nc(-c3ccsc3)no2)C1. The monoisotopic (exact) mass is 420 g/mol. The van der Waals surface area contributed by atoms with Gasteiger partial charge in [-0.3, -0.25) is 4.79 Å². The molecule has 5 rings (SSSR count). The van der Waals surface area contributed by atoms with Crippen molar-refractivity contribution in [2.45, 2.75) is 19.3 Å². The first-order chi connectivity index (χ1) is 14.8. The highest BCUT2D eigenvalue weighted by Gasteiger charge is 2.28. The van der Waals surface area contributed by atoms with Crippen molar-refractivity contribution < 1.29 is 13.8 Å². The normalized spacial score (nSPS) is 16.7. The van der Waals surface area contributed by atoms with Crippen molar-refractivity contribution in [1.82, 2.24) is 20.2 Å². The molecule has 1 aliphatic rings. The molecule has 0 radical (unpaired) electrons. The van der Waals surface area contributed by atoms with Gasteiger partial charge in [-0.2, -0.15) is 16.3 Å². The Labute approximate surface area is 177 Å². The summed E-state index contributed by atoms with van der Waals surface area (Å²) in [5.41, 5.74) is 2.21. The van der Waals surface area contributed by atoms with Gasteiger partial charge in [-0.05, 0) is 30.2 Å². The van der Waals surface area contributed by atoms with Crippen LogP contribution in [0.25, 0.3) is 22.7 Å². The summed E-state index contributed by atoms with van der Waals surface area (Å²) in [4.78, 5) is 19.3. The second-order valence-electron chi connectivity index (χ2n) is 7.43. The number of carbonyl (C=O) groups is 1. The number of nitrogens with zero attached hydrogens (tertiary/aromatic N) is 4. The number of thiophene rings is 1. The average molecular weight is 420 g/mol. The average Bonchev–Trinajstić information content (AvgIpc) is 3.55. The fourth-order valence-corrected chi connectivity index (χ4v) is 4.42. The lowest BCUT2D eigenvalue weighted by Gasteiger charge is -2.31. The van der Waals surface area contributed by atoms with Gasteiger partial charge in [-0.15, -0.1) is 0 Å². The molecule has 1 aromatic carbocycles. The van der Waals surface area contributed by atoms with E-state index in [1.54, 1.807) is 17.4 Å². The molecule has 3 aromatic heterocycles. The van der Waals surface area contributed by atoms with Gasteiger partial charge in [0.05, 0.1) is 0 Å². The Morgan fingerprint density at radius 3 is 2.87 bits per heavy atom. The van der Waals surface area contributed by atoms with Gasteiger partial charge in [0.2, 0.25) is 11.7 Å². The van der Waals surface area contributed by atoms with Crippen molar-refractivity contribution in [3.63, 3.8) is 0 Å². The Morgan fingerprint density at radius 1 is 1.13 bits per heavy atom. The summed E-state index contributed by atoms with van der Waals surface area (Å²) in [6, 6.07) is 13.3. The minimum atomic E-state index is -0.102. The molecule has 1 aliphatic heterocycles. The van der Waals surface area contributed by atoms with Crippen LogP contribution in [-0.4, -0.2) is 39.2 Å². The van der Waals surface area contributed by atoms with Crippen LogP contribution in [0.5, 0.6) is 0 Å². The number of piperidine rings is 1. The lowest BCUT2D eigenvalue weighted by atomic mass is 9.94. The zero-order valence-corrected chi connectivity index (χ0v) is 17.0. The number of likely N-dealkylation sites (tertiary alicyclic amines) is 1. The Balaban J connectivity index is 1.24. The molecule has 0 bridgehead atoms. The fraction of sp³-hybridized carbons (Fsp3) is 0.273. The summed E-state index contributed by atoms with van der Waals surface area (Å²) in [7, 11) is 0. The van der Waals surface area contributed by atoms with E-state index in [9.17, 15) is 4.79 Å². The highest BCUT2D eigenvalue weighted by molar-refractivity contribution is 7.08. The Bertz CT molecular complexity index is 1120. The largest absolute Gasteiger partial charge is 0.355 e. The zero-order chi connectivity index (χ0) is 20.3. The summed E-state index contributed by atoms with van der Waals surface area (Å²) < 4.78 is 10.8. The van der Waals surface area contributed by atoms with E-state index in [0.717, 1.165) is 24.0 Å². The van der Waals surface area contributed by atoms with Crippen LogP contribution in [0.1, 0.15) is 29.2 Å². The van der Waals surface area contributed by atoms with Crippen molar-refractivity contribution in [2.75, 3.05) is 13.1 Å². The number of hydrogen-bond acceptors (Lipinski definition) is 7. The molecule has 0 saturated carbocycles. The number of amides is 1. The van der Waals surface area contributed by atoms with Gasteiger partial charge in [0.15, 0.2) is 11.5 Å². The quantitative estimate of drug-likeness (QED) is 0.471. The molecule has 1 amide bonds. The molecule has 1 atom stereocenters. The van der Waals surface area contributed by atoms with E-state index in [-0.39, 0.29) is 11.8 Å². The lowest BCUT2D eigenvalue weighted by molar-refractivity contribution is 0.0658. The third-order valence-electron chi connectivity index (χ3n) is 5.30. The third kappa shape index (κ3) is 3.91. The second kappa shape index (κ2) is 8.23. The highest BCUT2D eigenvalue weighted by Crippen LogP contribution is 2.25. The Morgan fingerprint density at radius 2 is 2.03 bits per heavy atom. The molecule has 4 aromatic rings. The van der Waals surface area contributed by atoms with Crippen LogP contribution in [0, 0.1) is 5.92 Å². The van der Waals surface area contributed by atoms with Gasteiger partial charge >= 0.3 is 0 Å². The van der Waals surface area contributed by atoms with Crippen LogP contribution in [0.3, 0.4) is 0 Å². The minimum Gasteiger partial charge on any atom is -0.355 e. The first-order valence-electron chi connectivity index (χ1n) is 9.93. The molecule has 0 aliphatic carbocycles. The van der Waals surface area contributed by atoms with Gasteiger partial charge in [0, 0.05) is 42.1 Å². The van der Waals surface area contributed by atoms with Crippen LogP contribution in [-0.2, 0) is 6.42 Å². The molecule has 30 heavy (non-hydrogen) atoms. The number of hydrogen-bond donors (Lipinski definition) is 0. The number of aromatic nitrogens is 3. The summed E-state index contributed by atoms with van der Waals surface area (Å²) in [6.45, 7) is 1.36. The molecular weight excluding hydrogens is 400 g/mol. The molecular formula is C22H20N4O3S. The van der Waals surface area contributed by atoms with E-state index in [4.69, 9.17) is 9.05 Å². The lowest BCUT2D eigenvalue weighted by Crippen LogP contribution is -2.40. The Hall–Kier alpha value is -3.26. The Kier molecular flexibility index (Phi) is 5.15. The van der Waals surface area contributed by atoms with Crippen LogP contribution in [0.15, 0.2) is 62.3 Å². The van der Waals surface area contributed by atoms with E-state index in [1.807, 2.05) is 52.1 Å². The van der Waals surface area contributed by atoms with Gasteiger partial charge in [0.1, 0.15) is 0 Å². The van der Waals surface area contributed by atoms with E-state index < -0.39 is 0 Å². The first-order valence-corrected chi connectivity index (χ1v) is 10.9. The molecule has 0 N–H and O–H groups in total. The van der Waals surface area contributed by atoms with E-state index in [2.05, 4.69) is 15.3 Å². The predicted molar refractivity (Wildman–Crippen MR) is 112 cm³/mol. The van der Waals surface area contributed by atoms with Crippen molar-refractivity contribution >= 4 is 17.2 Å². The van der Waals surface area contributed by atoms with Crippen LogP contribution in [0.2, 0.25) is 0 Å². The molecule has 4 heterocycles. The predicted octanol–water partition coefficient (Wildman–Crippen LogP) is 4.55. The van der Waals surface area contributed by atoms with Gasteiger partial charge in [-0.1, -0.05) is 40.6 Å². The van der Waals surface area contributed by atoms with E-state index >= 15 is 0 Å². The summed E-state index contributed by atoms with van der Waals surface area (Å²) >= 11 is 1.60. The summed E-state index contributed by atoms with van der Waals surface area (Å²) in [6.07, 6.45) is 2.62. The maximum atomic E-state index is 13.0.